The van der Waals surface area contributed by atoms with Gasteiger partial charge in [0.05, 0.1) is 19.0 Å². The van der Waals surface area contributed by atoms with Gasteiger partial charge in [-0.1, -0.05) is 13.8 Å². The molecule has 0 unspecified atom stereocenters. The smallest absolute Gasteiger partial charge is 0.141 e. The van der Waals surface area contributed by atoms with Gasteiger partial charge in [0.1, 0.15) is 17.4 Å². The first kappa shape index (κ1) is 15.5. The summed E-state index contributed by atoms with van der Waals surface area (Å²) in [5.41, 5.74) is 0.858. The molecule has 0 atom stereocenters. The highest BCUT2D eigenvalue weighted by Crippen LogP contribution is 2.21. The number of nitrogens with one attached hydrogen (secondary N) is 1. The molecule has 0 aliphatic carbocycles. The molecule has 0 saturated heterocycles. The normalized spacial score (nSPS) is 11.1. The summed E-state index contributed by atoms with van der Waals surface area (Å²) in [7, 11) is 0. The first-order valence-electron chi connectivity index (χ1n) is 7.25. The van der Waals surface area contributed by atoms with Crippen LogP contribution in [0.15, 0.2) is 35.1 Å². The van der Waals surface area contributed by atoms with Gasteiger partial charge in [0.2, 0.25) is 0 Å². The van der Waals surface area contributed by atoms with E-state index < -0.39 is 0 Å². The zero-order valence-corrected chi connectivity index (χ0v) is 12.8. The summed E-state index contributed by atoms with van der Waals surface area (Å²) in [6.07, 6.45) is 2.92. The van der Waals surface area contributed by atoms with Crippen LogP contribution in [0.4, 0.5) is 10.2 Å². The summed E-state index contributed by atoms with van der Waals surface area (Å²) in [4.78, 5) is 6.36. The fourth-order valence-corrected chi connectivity index (χ4v) is 2.13. The molecule has 0 amide bonds. The number of hydrogen-bond donors (Lipinski definition) is 1. The van der Waals surface area contributed by atoms with Gasteiger partial charge in [-0.25, -0.2) is 9.37 Å². The van der Waals surface area contributed by atoms with E-state index in [2.05, 4.69) is 29.0 Å². The van der Waals surface area contributed by atoms with Crippen molar-refractivity contribution in [1.29, 1.82) is 0 Å². The third-order valence-corrected chi connectivity index (χ3v) is 3.22. The molecule has 1 N–H and O–H groups in total. The maximum absolute atomic E-state index is 13.5. The SMILES string of the molecule is CCN(Cc1ccco1)c1ncc(F)cc1CNC(C)C. The number of pyridine rings is 1. The van der Waals surface area contributed by atoms with Crippen LogP contribution in [-0.2, 0) is 13.1 Å². The number of hydrogen-bond acceptors (Lipinski definition) is 4. The van der Waals surface area contributed by atoms with E-state index in [0.717, 1.165) is 23.7 Å². The van der Waals surface area contributed by atoms with E-state index in [1.165, 1.54) is 6.20 Å². The van der Waals surface area contributed by atoms with Crippen LogP contribution in [0.5, 0.6) is 0 Å². The second kappa shape index (κ2) is 7.22. The average molecular weight is 291 g/mol. The van der Waals surface area contributed by atoms with Crippen molar-refractivity contribution in [2.45, 2.75) is 39.9 Å². The largest absolute Gasteiger partial charge is 0.467 e. The molecule has 4 nitrogen and oxygen atoms in total. The van der Waals surface area contributed by atoms with E-state index in [4.69, 9.17) is 4.42 Å². The van der Waals surface area contributed by atoms with Gasteiger partial charge in [0.15, 0.2) is 0 Å². The van der Waals surface area contributed by atoms with Crippen molar-refractivity contribution >= 4 is 5.82 Å². The molecule has 114 valence electrons. The average Bonchev–Trinajstić information content (AvgIpc) is 2.96. The molecule has 2 rings (SSSR count). The molecule has 0 bridgehead atoms. The van der Waals surface area contributed by atoms with Crippen LogP contribution in [0.3, 0.4) is 0 Å². The van der Waals surface area contributed by atoms with E-state index in [-0.39, 0.29) is 5.82 Å². The molecular weight excluding hydrogens is 269 g/mol. The van der Waals surface area contributed by atoms with Gasteiger partial charge in [-0.05, 0) is 25.1 Å². The minimum Gasteiger partial charge on any atom is -0.467 e. The number of nitrogens with zero attached hydrogens (tertiary/aromatic N) is 2. The zero-order valence-electron chi connectivity index (χ0n) is 12.8. The molecule has 0 aliphatic rings. The Balaban J connectivity index is 2.22. The zero-order chi connectivity index (χ0) is 15.2. The maximum atomic E-state index is 13.5. The molecule has 0 spiro atoms. The Kier molecular flexibility index (Phi) is 5.33. The predicted octanol–water partition coefficient (Wildman–Crippen LogP) is 3.34. The van der Waals surface area contributed by atoms with E-state index in [1.807, 2.05) is 19.1 Å². The molecule has 2 aromatic rings. The van der Waals surface area contributed by atoms with E-state index >= 15 is 0 Å². The summed E-state index contributed by atoms with van der Waals surface area (Å²) >= 11 is 0. The molecule has 0 fully saturated rings. The lowest BCUT2D eigenvalue weighted by Gasteiger charge is -2.24. The fraction of sp³-hybridized carbons (Fsp3) is 0.438. The lowest BCUT2D eigenvalue weighted by molar-refractivity contribution is 0.501. The van der Waals surface area contributed by atoms with Crippen molar-refractivity contribution < 1.29 is 8.81 Å². The minimum atomic E-state index is -0.312. The highest BCUT2D eigenvalue weighted by molar-refractivity contribution is 5.47. The first-order chi connectivity index (χ1) is 10.1. The molecule has 0 aliphatic heterocycles. The second-order valence-electron chi connectivity index (χ2n) is 5.27. The van der Waals surface area contributed by atoms with Gasteiger partial charge >= 0.3 is 0 Å². The van der Waals surface area contributed by atoms with Gasteiger partial charge in [-0.15, -0.1) is 0 Å². The summed E-state index contributed by atoms with van der Waals surface area (Å²) in [5, 5.41) is 3.31. The van der Waals surface area contributed by atoms with Gasteiger partial charge < -0.3 is 14.6 Å². The quantitative estimate of drug-likeness (QED) is 0.849. The van der Waals surface area contributed by atoms with Crippen LogP contribution in [0.25, 0.3) is 0 Å². The fourth-order valence-electron chi connectivity index (χ4n) is 2.13. The number of anilines is 1. The van der Waals surface area contributed by atoms with Crippen LogP contribution in [0.2, 0.25) is 0 Å². The van der Waals surface area contributed by atoms with Crippen LogP contribution >= 0.6 is 0 Å². The lowest BCUT2D eigenvalue weighted by Crippen LogP contribution is -2.27. The summed E-state index contributed by atoms with van der Waals surface area (Å²) in [6.45, 7) is 8.16. The Bertz CT molecular complexity index is 555. The number of aromatic nitrogens is 1. The van der Waals surface area contributed by atoms with Crippen LogP contribution in [0, 0.1) is 5.82 Å². The molecular formula is C16H22FN3O. The van der Waals surface area contributed by atoms with Crippen molar-refractivity contribution in [3.8, 4) is 0 Å². The molecule has 0 aromatic carbocycles. The van der Waals surface area contributed by atoms with Crippen LogP contribution in [0.1, 0.15) is 32.1 Å². The van der Waals surface area contributed by atoms with E-state index in [9.17, 15) is 4.39 Å². The second-order valence-corrected chi connectivity index (χ2v) is 5.27. The van der Waals surface area contributed by atoms with Gasteiger partial charge in [-0.3, -0.25) is 0 Å². The Morgan fingerprint density at radius 1 is 1.43 bits per heavy atom. The van der Waals surface area contributed by atoms with E-state index in [0.29, 0.717) is 19.1 Å². The number of furan rings is 1. The van der Waals surface area contributed by atoms with Crippen molar-refractivity contribution in [2.24, 2.45) is 0 Å². The minimum absolute atomic E-state index is 0.312. The van der Waals surface area contributed by atoms with Gasteiger partial charge in [0.25, 0.3) is 0 Å². The summed E-state index contributed by atoms with van der Waals surface area (Å²) < 4.78 is 18.9. The Labute approximate surface area is 125 Å². The predicted molar refractivity (Wildman–Crippen MR) is 81.6 cm³/mol. The Morgan fingerprint density at radius 2 is 2.24 bits per heavy atom. The number of rotatable bonds is 7. The highest BCUT2D eigenvalue weighted by Gasteiger charge is 2.14. The van der Waals surface area contributed by atoms with E-state index in [1.54, 1.807) is 12.3 Å². The standard InChI is InChI=1S/C16H22FN3O/c1-4-20(11-15-6-5-7-21-15)16-13(9-18-12(2)3)8-14(17)10-19-16/h5-8,10,12,18H,4,9,11H2,1-3H3. The van der Waals surface area contributed by atoms with Crippen molar-refractivity contribution in [3.63, 3.8) is 0 Å². The third kappa shape index (κ3) is 4.29. The van der Waals surface area contributed by atoms with Crippen molar-refractivity contribution in [3.05, 3.63) is 47.8 Å². The summed E-state index contributed by atoms with van der Waals surface area (Å²) in [6, 6.07) is 5.67. The maximum Gasteiger partial charge on any atom is 0.141 e. The number of halogens is 1. The highest BCUT2D eigenvalue weighted by atomic mass is 19.1. The molecule has 0 saturated carbocycles. The van der Waals surface area contributed by atoms with Crippen LogP contribution < -0.4 is 10.2 Å². The third-order valence-electron chi connectivity index (χ3n) is 3.22. The molecule has 2 heterocycles. The van der Waals surface area contributed by atoms with Crippen molar-refractivity contribution in [2.75, 3.05) is 11.4 Å². The monoisotopic (exact) mass is 291 g/mol. The summed E-state index contributed by atoms with van der Waals surface area (Å²) in [5.74, 6) is 1.35. The Hall–Kier alpha value is -1.88. The molecule has 21 heavy (non-hydrogen) atoms. The van der Waals surface area contributed by atoms with Crippen molar-refractivity contribution in [1.82, 2.24) is 10.3 Å². The van der Waals surface area contributed by atoms with Crippen LogP contribution in [-0.4, -0.2) is 17.6 Å². The van der Waals surface area contributed by atoms with Gasteiger partial charge in [-0.2, -0.15) is 0 Å². The topological polar surface area (TPSA) is 41.3 Å². The molecule has 2 aromatic heterocycles. The van der Waals surface area contributed by atoms with Gasteiger partial charge in [0, 0.05) is 24.7 Å². The first-order valence-corrected chi connectivity index (χ1v) is 7.25. The lowest BCUT2D eigenvalue weighted by atomic mass is 10.2. The Morgan fingerprint density at radius 3 is 2.86 bits per heavy atom. The molecule has 0 radical (unpaired) electrons. The molecule has 5 heteroatoms.